The number of fused-ring (bicyclic) bond motifs is 1. The number of methoxy groups -OCH3 is 1. The van der Waals surface area contributed by atoms with Gasteiger partial charge in [-0.15, -0.1) is 0 Å². The summed E-state index contributed by atoms with van der Waals surface area (Å²) in [5.74, 6) is -0.289. The molecule has 0 atom stereocenters. The van der Waals surface area contributed by atoms with Crippen LogP contribution in [0, 0.1) is 0 Å². The highest BCUT2D eigenvalue weighted by Gasteiger charge is 2.35. The van der Waals surface area contributed by atoms with Crippen LogP contribution in [0.5, 0.6) is 5.88 Å². The molecule has 1 aromatic carbocycles. The molecule has 0 radical (unpaired) electrons. The normalized spacial score (nSPS) is 13.5. The second kappa shape index (κ2) is 4.90. The Balaban J connectivity index is 1.95. The minimum Gasteiger partial charge on any atom is -0.481 e. The fourth-order valence-corrected chi connectivity index (χ4v) is 2.35. The van der Waals surface area contributed by atoms with Gasteiger partial charge in [0.25, 0.3) is 11.8 Å². The average molecular weight is 283 g/mol. The third-order valence-electron chi connectivity index (χ3n) is 3.37. The second-order valence-corrected chi connectivity index (χ2v) is 4.67. The Bertz CT molecular complexity index is 743. The molecule has 1 aliphatic rings. The topological polar surface area (TPSA) is 85.5 Å². The molecule has 0 saturated carbocycles. The van der Waals surface area contributed by atoms with Gasteiger partial charge in [0.2, 0.25) is 5.88 Å². The Hall–Kier alpha value is -2.89. The monoisotopic (exact) mass is 283 g/mol. The Morgan fingerprint density at radius 3 is 2.71 bits per heavy atom. The van der Waals surface area contributed by atoms with Gasteiger partial charge >= 0.3 is 0 Å². The van der Waals surface area contributed by atoms with E-state index in [2.05, 4.69) is 4.98 Å². The number of amides is 2. The number of aromatic nitrogens is 1. The van der Waals surface area contributed by atoms with Gasteiger partial charge in [-0.1, -0.05) is 6.07 Å². The highest BCUT2D eigenvalue weighted by molar-refractivity contribution is 6.21. The van der Waals surface area contributed by atoms with Gasteiger partial charge in [0.05, 0.1) is 24.8 Å². The van der Waals surface area contributed by atoms with Crippen molar-refractivity contribution in [1.29, 1.82) is 0 Å². The summed E-state index contributed by atoms with van der Waals surface area (Å²) in [7, 11) is 1.49. The molecule has 2 amide bonds. The quantitative estimate of drug-likeness (QED) is 0.681. The van der Waals surface area contributed by atoms with Crippen LogP contribution >= 0.6 is 0 Å². The molecule has 0 unspecified atom stereocenters. The van der Waals surface area contributed by atoms with Crippen molar-refractivity contribution >= 4 is 17.5 Å². The highest BCUT2D eigenvalue weighted by atomic mass is 16.5. The molecule has 106 valence electrons. The van der Waals surface area contributed by atoms with Gasteiger partial charge < -0.3 is 10.5 Å². The Kier molecular flexibility index (Phi) is 3.06. The van der Waals surface area contributed by atoms with Crippen molar-refractivity contribution in [2.45, 2.75) is 6.54 Å². The van der Waals surface area contributed by atoms with Crippen LogP contribution in [0.15, 0.2) is 36.5 Å². The van der Waals surface area contributed by atoms with Crippen molar-refractivity contribution < 1.29 is 14.3 Å². The lowest BCUT2D eigenvalue weighted by Gasteiger charge is -2.15. The van der Waals surface area contributed by atoms with E-state index >= 15 is 0 Å². The van der Waals surface area contributed by atoms with Crippen molar-refractivity contribution in [1.82, 2.24) is 9.88 Å². The number of nitrogens with zero attached hydrogens (tertiary/aromatic N) is 2. The van der Waals surface area contributed by atoms with Crippen LogP contribution in [0.1, 0.15) is 26.3 Å². The molecule has 6 nitrogen and oxygen atoms in total. The van der Waals surface area contributed by atoms with Crippen LogP contribution in [0.3, 0.4) is 0 Å². The van der Waals surface area contributed by atoms with Crippen molar-refractivity contribution in [3.05, 3.63) is 53.2 Å². The predicted octanol–water partition coefficient (Wildman–Crippen LogP) is 1.47. The van der Waals surface area contributed by atoms with Gasteiger partial charge in [-0.3, -0.25) is 14.5 Å². The summed E-state index contributed by atoms with van der Waals surface area (Å²) in [5.41, 5.74) is 7.50. The van der Waals surface area contributed by atoms with Crippen molar-refractivity contribution in [3.63, 3.8) is 0 Å². The van der Waals surface area contributed by atoms with Gasteiger partial charge in [0.1, 0.15) is 0 Å². The molecule has 0 spiro atoms. The molecule has 0 saturated heterocycles. The summed E-state index contributed by atoms with van der Waals surface area (Å²) >= 11 is 0. The summed E-state index contributed by atoms with van der Waals surface area (Å²) in [4.78, 5) is 29.9. The van der Waals surface area contributed by atoms with Gasteiger partial charge in [-0.05, 0) is 24.3 Å². The van der Waals surface area contributed by atoms with Crippen LogP contribution in [0.25, 0.3) is 0 Å². The highest BCUT2D eigenvalue weighted by Crippen LogP contribution is 2.27. The molecule has 0 fully saturated rings. The van der Waals surface area contributed by atoms with E-state index in [-0.39, 0.29) is 18.4 Å². The third-order valence-corrected chi connectivity index (χ3v) is 3.37. The van der Waals surface area contributed by atoms with E-state index in [1.807, 2.05) is 0 Å². The number of ether oxygens (including phenoxy) is 1. The molecule has 2 heterocycles. The SMILES string of the molecule is COc1ncccc1CN1C(=O)c2ccc(N)cc2C1=O. The summed E-state index contributed by atoms with van der Waals surface area (Å²) < 4.78 is 5.14. The first-order chi connectivity index (χ1) is 10.1. The molecule has 0 aliphatic carbocycles. The van der Waals surface area contributed by atoms with Gasteiger partial charge in [-0.2, -0.15) is 0 Å². The fourth-order valence-electron chi connectivity index (χ4n) is 2.35. The minimum absolute atomic E-state index is 0.114. The number of pyridine rings is 1. The number of nitrogens with two attached hydrogens (primary N) is 1. The van der Waals surface area contributed by atoms with Crippen LogP contribution in [-0.2, 0) is 6.54 Å². The maximum absolute atomic E-state index is 12.4. The molecule has 0 bridgehead atoms. The zero-order valence-corrected chi connectivity index (χ0v) is 11.4. The van der Waals surface area contributed by atoms with E-state index in [1.54, 1.807) is 30.5 Å². The molecule has 6 heteroatoms. The largest absolute Gasteiger partial charge is 0.481 e. The van der Waals surface area contributed by atoms with Crippen molar-refractivity contribution in [2.24, 2.45) is 0 Å². The number of anilines is 1. The van der Waals surface area contributed by atoms with E-state index in [0.29, 0.717) is 28.3 Å². The van der Waals surface area contributed by atoms with Crippen molar-refractivity contribution in [3.8, 4) is 5.88 Å². The van der Waals surface area contributed by atoms with Gasteiger partial charge in [-0.25, -0.2) is 4.98 Å². The number of hydrogen-bond acceptors (Lipinski definition) is 5. The zero-order chi connectivity index (χ0) is 15.0. The Morgan fingerprint density at radius 2 is 1.95 bits per heavy atom. The molecule has 2 N–H and O–H groups in total. The van der Waals surface area contributed by atoms with Crippen LogP contribution in [-0.4, -0.2) is 28.8 Å². The number of rotatable bonds is 3. The number of hydrogen-bond donors (Lipinski definition) is 1. The predicted molar refractivity (Wildman–Crippen MR) is 75.8 cm³/mol. The smallest absolute Gasteiger partial charge is 0.261 e. The molecular formula is C15H13N3O3. The zero-order valence-electron chi connectivity index (χ0n) is 11.4. The number of benzene rings is 1. The number of nitrogen functional groups attached to an aromatic ring is 1. The average Bonchev–Trinajstić information content (AvgIpc) is 2.72. The molecule has 1 aliphatic heterocycles. The van der Waals surface area contributed by atoms with E-state index in [1.165, 1.54) is 18.1 Å². The standard InChI is InChI=1S/C15H13N3O3/c1-21-13-9(3-2-6-17-13)8-18-14(19)11-5-4-10(16)7-12(11)15(18)20/h2-7H,8,16H2,1H3. The molecule has 3 rings (SSSR count). The minimum atomic E-state index is -0.354. The second-order valence-electron chi connectivity index (χ2n) is 4.67. The third kappa shape index (κ3) is 2.10. The van der Waals surface area contributed by atoms with E-state index in [0.717, 1.165) is 0 Å². The summed E-state index contributed by atoms with van der Waals surface area (Å²) in [5, 5.41) is 0. The molecule has 2 aromatic rings. The van der Waals surface area contributed by atoms with Gasteiger partial charge in [0, 0.05) is 17.4 Å². The van der Waals surface area contributed by atoms with Gasteiger partial charge in [0.15, 0.2) is 0 Å². The molecule has 21 heavy (non-hydrogen) atoms. The Morgan fingerprint density at radius 1 is 1.19 bits per heavy atom. The Labute approximate surface area is 121 Å². The lowest BCUT2D eigenvalue weighted by atomic mass is 10.1. The number of imide groups is 1. The van der Waals surface area contributed by atoms with Crippen LogP contribution < -0.4 is 10.5 Å². The summed E-state index contributed by atoms with van der Waals surface area (Å²) in [6.07, 6.45) is 1.59. The first kappa shape index (κ1) is 13.1. The summed E-state index contributed by atoms with van der Waals surface area (Å²) in [6, 6.07) is 8.21. The van der Waals surface area contributed by atoms with Crippen molar-refractivity contribution in [2.75, 3.05) is 12.8 Å². The first-order valence-corrected chi connectivity index (χ1v) is 6.35. The lowest BCUT2D eigenvalue weighted by molar-refractivity contribution is 0.0641. The molecular weight excluding hydrogens is 270 g/mol. The lowest BCUT2D eigenvalue weighted by Crippen LogP contribution is -2.29. The maximum atomic E-state index is 12.4. The first-order valence-electron chi connectivity index (χ1n) is 6.35. The van der Waals surface area contributed by atoms with E-state index < -0.39 is 0 Å². The maximum Gasteiger partial charge on any atom is 0.261 e. The van der Waals surface area contributed by atoms with Crippen LogP contribution in [0.4, 0.5) is 5.69 Å². The molecule has 1 aromatic heterocycles. The number of carbonyl (C=O) groups is 2. The number of carbonyl (C=O) groups excluding carboxylic acids is 2. The van der Waals surface area contributed by atoms with E-state index in [4.69, 9.17) is 10.5 Å². The fraction of sp³-hybridized carbons (Fsp3) is 0.133. The van der Waals surface area contributed by atoms with Crippen LogP contribution in [0.2, 0.25) is 0 Å². The van der Waals surface area contributed by atoms with E-state index in [9.17, 15) is 9.59 Å². The summed E-state index contributed by atoms with van der Waals surface area (Å²) in [6.45, 7) is 0.114.